The van der Waals surface area contributed by atoms with Gasteiger partial charge in [-0.3, -0.25) is 0 Å². The van der Waals surface area contributed by atoms with Crippen LogP contribution in [0.2, 0.25) is 0 Å². The van der Waals surface area contributed by atoms with Crippen molar-refractivity contribution in [3.63, 3.8) is 0 Å². The predicted molar refractivity (Wildman–Crippen MR) is 91.6 cm³/mol. The molecular formula is C20H25NO. The number of hydrogen-bond donors (Lipinski definition) is 0. The lowest BCUT2D eigenvalue weighted by Crippen LogP contribution is -2.34. The van der Waals surface area contributed by atoms with Crippen LogP contribution in [-0.2, 0) is 6.42 Å². The summed E-state index contributed by atoms with van der Waals surface area (Å²) in [5.41, 5.74) is 2.82. The Labute approximate surface area is 133 Å². The molecule has 0 atom stereocenters. The number of benzene rings is 2. The van der Waals surface area contributed by atoms with Crippen LogP contribution in [0.4, 0.5) is 0 Å². The van der Waals surface area contributed by atoms with Gasteiger partial charge in [0.1, 0.15) is 5.75 Å². The van der Waals surface area contributed by atoms with Crippen LogP contribution in [0.25, 0.3) is 0 Å². The molecule has 2 aromatic rings. The molecule has 1 fully saturated rings. The third-order valence-corrected chi connectivity index (χ3v) is 4.73. The lowest BCUT2D eigenvalue weighted by molar-refractivity contribution is 0.213. The maximum absolute atomic E-state index is 5.52. The van der Waals surface area contributed by atoms with Crippen LogP contribution in [0, 0.1) is 0 Å². The SMILES string of the molecule is COc1ccccc1C1CCN(CCc2ccccc2)CC1. The molecule has 0 spiro atoms. The van der Waals surface area contributed by atoms with Crippen molar-refractivity contribution in [3.8, 4) is 5.75 Å². The maximum atomic E-state index is 5.52. The van der Waals surface area contributed by atoms with Gasteiger partial charge in [0.15, 0.2) is 0 Å². The summed E-state index contributed by atoms with van der Waals surface area (Å²) < 4.78 is 5.52. The van der Waals surface area contributed by atoms with Crippen molar-refractivity contribution in [2.75, 3.05) is 26.7 Å². The average Bonchev–Trinajstić information content (AvgIpc) is 2.61. The van der Waals surface area contributed by atoms with Gasteiger partial charge in [-0.1, -0.05) is 48.5 Å². The van der Waals surface area contributed by atoms with Gasteiger partial charge in [-0.05, 0) is 55.5 Å². The molecule has 0 saturated carbocycles. The van der Waals surface area contributed by atoms with E-state index in [9.17, 15) is 0 Å². The van der Waals surface area contributed by atoms with Crippen molar-refractivity contribution >= 4 is 0 Å². The molecule has 2 heteroatoms. The van der Waals surface area contributed by atoms with Crippen molar-refractivity contribution in [3.05, 3.63) is 65.7 Å². The summed E-state index contributed by atoms with van der Waals surface area (Å²) in [6.07, 6.45) is 3.62. The number of piperidine rings is 1. The van der Waals surface area contributed by atoms with E-state index in [0.29, 0.717) is 5.92 Å². The standard InChI is InChI=1S/C20H25NO/c1-22-20-10-6-5-9-19(20)18-12-15-21(16-13-18)14-11-17-7-3-2-4-8-17/h2-10,18H,11-16H2,1H3. The van der Waals surface area contributed by atoms with Gasteiger partial charge in [0.25, 0.3) is 0 Å². The molecule has 0 amide bonds. The van der Waals surface area contributed by atoms with Gasteiger partial charge in [0.2, 0.25) is 0 Å². The summed E-state index contributed by atoms with van der Waals surface area (Å²) in [4.78, 5) is 2.60. The fourth-order valence-corrected chi connectivity index (χ4v) is 3.40. The largest absolute Gasteiger partial charge is 0.496 e. The molecule has 0 unspecified atom stereocenters. The predicted octanol–water partition coefficient (Wildman–Crippen LogP) is 4.12. The zero-order valence-electron chi connectivity index (χ0n) is 13.4. The number of ether oxygens (including phenoxy) is 1. The summed E-state index contributed by atoms with van der Waals surface area (Å²) in [7, 11) is 1.77. The maximum Gasteiger partial charge on any atom is 0.122 e. The molecule has 2 aromatic carbocycles. The van der Waals surface area contributed by atoms with Crippen LogP contribution in [0.1, 0.15) is 29.9 Å². The first-order valence-electron chi connectivity index (χ1n) is 8.26. The van der Waals surface area contributed by atoms with Gasteiger partial charge in [0.05, 0.1) is 7.11 Å². The third kappa shape index (κ3) is 3.69. The van der Waals surface area contributed by atoms with Crippen LogP contribution >= 0.6 is 0 Å². The van der Waals surface area contributed by atoms with E-state index >= 15 is 0 Å². The molecule has 0 aliphatic carbocycles. The first-order chi connectivity index (χ1) is 10.9. The number of methoxy groups -OCH3 is 1. The Hall–Kier alpha value is -1.80. The van der Waals surface area contributed by atoms with Gasteiger partial charge in [0, 0.05) is 6.54 Å². The molecule has 1 saturated heterocycles. The molecule has 2 nitrogen and oxygen atoms in total. The first kappa shape index (κ1) is 15.1. The minimum absolute atomic E-state index is 0.643. The van der Waals surface area contributed by atoms with Crippen molar-refractivity contribution < 1.29 is 4.74 Å². The molecule has 0 N–H and O–H groups in total. The highest BCUT2D eigenvalue weighted by Crippen LogP contribution is 2.33. The van der Waals surface area contributed by atoms with Crippen LogP contribution in [0.3, 0.4) is 0 Å². The van der Waals surface area contributed by atoms with Crippen molar-refractivity contribution in [1.29, 1.82) is 0 Å². The molecule has 22 heavy (non-hydrogen) atoms. The molecule has 3 rings (SSSR count). The summed E-state index contributed by atoms with van der Waals surface area (Å²) in [6, 6.07) is 19.3. The van der Waals surface area contributed by atoms with Crippen LogP contribution in [0.5, 0.6) is 5.75 Å². The summed E-state index contributed by atoms with van der Waals surface area (Å²) >= 11 is 0. The molecule has 1 heterocycles. The highest BCUT2D eigenvalue weighted by molar-refractivity contribution is 5.36. The highest BCUT2D eigenvalue weighted by Gasteiger charge is 2.22. The lowest BCUT2D eigenvalue weighted by atomic mass is 9.88. The zero-order valence-corrected chi connectivity index (χ0v) is 13.4. The Balaban J connectivity index is 1.52. The number of likely N-dealkylation sites (tertiary alicyclic amines) is 1. The minimum Gasteiger partial charge on any atom is -0.496 e. The summed E-state index contributed by atoms with van der Waals surface area (Å²) in [5.74, 6) is 1.69. The third-order valence-electron chi connectivity index (χ3n) is 4.73. The highest BCUT2D eigenvalue weighted by atomic mass is 16.5. The number of hydrogen-bond acceptors (Lipinski definition) is 2. The number of nitrogens with zero attached hydrogens (tertiary/aromatic N) is 1. The minimum atomic E-state index is 0.643. The Bertz CT molecular complexity index is 573. The van der Waals surface area contributed by atoms with E-state index in [1.54, 1.807) is 7.11 Å². The normalized spacial score (nSPS) is 16.6. The first-order valence-corrected chi connectivity index (χ1v) is 8.26. The Kier molecular flexibility index (Phi) is 5.12. The average molecular weight is 295 g/mol. The van der Waals surface area contributed by atoms with E-state index in [2.05, 4.69) is 59.5 Å². The van der Waals surface area contributed by atoms with E-state index in [1.165, 1.54) is 43.6 Å². The topological polar surface area (TPSA) is 12.5 Å². The van der Waals surface area contributed by atoms with E-state index in [4.69, 9.17) is 4.74 Å². The second-order valence-electron chi connectivity index (χ2n) is 6.09. The molecule has 1 aliphatic rings. The molecule has 0 aromatic heterocycles. The summed E-state index contributed by atoms with van der Waals surface area (Å²) in [6.45, 7) is 3.55. The van der Waals surface area contributed by atoms with Crippen molar-refractivity contribution in [2.24, 2.45) is 0 Å². The monoisotopic (exact) mass is 295 g/mol. The number of rotatable bonds is 5. The Morgan fingerprint density at radius 2 is 1.64 bits per heavy atom. The van der Waals surface area contributed by atoms with E-state index in [0.717, 1.165) is 12.2 Å². The van der Waals surface area contributed by atoms with Crippen LogP contribution in [-0.4, -0.2) is 31.6 Å². The molecule has 0 bridgehead atoms. The van der Waals surface area contributed by atoms with Crippen molar-refractivity contribution in [2.45, 2.75) is 25.2 Å². The second-order valence-corrected chi connectivity index (χ2v) is 6.09. The zero-order chi connectivity index (χ0) is 15.2. The molecular weight excluding hydrogens is 270 g/mol. The smallest absolute Gasteiger partial charge is 0.122 e. The van der Waals surface area contributed by atoms with Crippen LogP contribution < -0.4 is 4.74 Å². The summed E-state index contributed by atoms with van der Waals surface area (Å²) in [5, 5.41) is 0. The van der Waals surface area contributed by atoms with E-state index in [-0.39, 0.29) is 0 Å². The number of para-hydroxylation sites is 1. The van der Waals surface area contributed by atoms with Crippen LogP contribution in [0.15, 0.2) is 54.6 Å². The molecule has 0 radical (unpaired) electrons. The fraction of sp³-hybridized carbons (Fsp3) is 0.400. The van der Waals surface area contributed by atoms with Gasteiger partial charge in [-0.15, -0.1) is 0 Å². The quantitative estimate of drug-likeness (QED) is 0.823. The van der Waals surface area contributed by atoms with Gasteiger partial charge in [-0.2, -0.15) is 0 Å². The van der Waals surface area contributed by atoms with Gasteiger partial charge in [-0.25, -0.2) is 0 Å². The molecule has 1 aliphatic heterocycles. The Morgan fingerprint density at radius 3 is 2.36 bits per heavy atom. The second kappa shape index (κ2) is 7.46. The van der Waals surface area contributed by atoms with Gasteiger partial charge >= 0.3 is 0 Å². The molecule has 116 valence electrons. The Morgan fingerprint density at radius 1 is 0.955 bits per heavy atom. The fourth-order valence-electron chi connectivity index (χ4n) is 3.40. The van der Waals surface area contributed by atoms with E-state index < -0.39 is 0 Å². The lowest BCUT2D eigenvalue weighted by Gasteiger charge is -2.32. The van der Waals surface area contributed by atoms with Crippen molar-refractivity contribution in [1.82, 2.24) is 4.90 Å². The van der Waals surface area contributed by atoms with E-state index in [1.807, 2.05) is 0 Å². The van der Waals surface area contributed by atoms with Gasteiger partial charge < -0.3 is 9.64 Å².